The summed E-state index contributed by atoms with van der Waals surface area (Å²) in [5.74, 6) is 0.804. The highest BCUT2D eigenvalue weighted by Gasteiger charge is 2.31. The van der Waals surface area contributed by atoms with E-state index < -0.39 is 0 Å². The lowest BCUT2D eigenvalue weighted by molar-refractivity contribution is 0.192. The van der Waals surface area contributed by atoms with Crippen molar-refractivity contribution in [2.24, 2.45) is 5.92 Å². The lowest BCUT2D eigenvalue weighted by atomic mass is 10.0. The Balaban J connectivity index is 1.90. The van der Waals surface area contributed by atoms with Gasteiger partial charge in [-0.15, -0.1) is 0 Å². The number of halogens is 1. The largest absolute Gasteiger partial charge is 0.385 e. The molecule has 1 fully saturated rings. The molecule has 1 saturated carbocycles. The zero-order chi connectivity index (χ0) is 12.1. The van der Waals surface area contributed by atoms with Crippen molar-refractivity contribution in [3.05, 3.63) is 34.9 Å². The van der Waals surface area contributed by atoms with Crippen LogP contribution in [-0.4, -0.2) is 20.3 Å². The van der Waals surface area contributed by atoms with Crippen LogP contribution in [0.1, 0.15) is 30.9 Å². The normalized spacial score (nSPS) is 17.1. The average molecular weight is 254 g/mol. The number of benzene rings is 1. The minimum absolute atomic E-state index is 0.490. The quantitative estimate of drug-likeness (QED) is 0.752. The molecule has 1 unspecified atom stereocenters. The van der Waals surface area contributed by atoms with Gasteiger partial charge in [-0.25, -0.2) is 0 Å². The molecule has 1 aliphatic carbocycles. The molecule has 0 bridgehead atoms. The number of nitrogens with one attached hydrogen (secondary N) is 1. The Hall–Kier alpha value is -0.570. The maximum atomic E-state index is 5.92. The van der Waals surface area contributed by atoms with E-state index in [-0.39, 0.29) is 0 Å². The van der Waals surface area contributed by atoms with Crippen LogP contribution in [-0.2, 0) is 4.74 Å². The Kier molecular flexibility index (Phi) is 4.84. The van der Waals surface area contributed by atoms with E-state index in [2.05, 4.69) is 17.4 Å². The van der Waals surface area contributed by atoms with Crippen LogP contribution in [0.2, 0.25) is 5.02 Å². The zero-order valence-electron chi connectivity index (χ0n) is 10.3. The summed E-state index contributed by atoms with van der Waals surface area (Å²) in [6.07, 6.45) is 3.74. The fourth-order valence-electron chi connectivity index (χ4n) is 2.13. The Morgan fingerprint density at radius 2 is 2.06 bits per heavy atom. The van der Waals surface area contributed by atoms with E-state index in [0.29, 0.717) is 6.04 Å². The fraction of sp³-hybridized carbons (Fsp3) is 0.571. The van der Waals surface area contributed by atoms with Gasteiger partial charge in [-0.05, 0) is 49.4 Å². The third-order valence-electron chi connectivity index (χ3n) is 3.21. The van der Waals surface area contributed by atoms with Crippen LogP contribution in [0.3, 0.4) is 0 Å². The van der Waals surface area contributed by atoms with Crippen molar-refractivity contribution in [2.45, 2.75) is 25.3 Å². The molecule has 17 heavy (non-hydrogen) atoms. The molecule has 1 aromatic rings. The van der Waals surface area contributed by atoms with Crippen LogP contribution >= 0.6 is 11.6 Å². The monoisotopic (exact) mass is 253 g/mol. The van der Waals surface area contributed by atoms with Gasteiger partial charge in [0.1, 0.15) is 0 Å². The first-order valence-electron chi connectivity index (χ1n) is 6.29. The van der Waals surface area contributed by atoms with E-state index in [0.717, 1.165) is 30.5 Å². The van der Waals surface area contributed by atoms with E-state index in [4.69, 9.17) is 16.3 Å². The molecule has 0 heterocycles. The lowest BCUT2D eigenvalue weighted by Gasteiger charge is -2.18. The summed E-state index contributed by atoms with van der Waals surface area (Å²) in [5, 5.41) is 4.44. The number of hydrogen-bond acceptors (Lipinski definition) is 2. The van der Waals surface area contributed by atoms with Crippen molar-refractivity contribution in [3.63, 3.8) is 0 Å². The maximum Gasteiger partial charge on any atom is 0.0474 e. The highest BCUT2D eigenvalue weighted by molar-refractivity contribution is 6.30. The fourth-order valence-corrected chi connectivity index (χ4v) is 2.26. The van der Waals surface area contributed by atoms with E-state index in [9.17, 15) is 0 Å². The van der Waals surface area contributed by atoms with Crippen LogP contribution in [0.25, 0.3) is 0 Å². The van der Waals surface area contributed by atoms with Gasteiger partial charge in [0.05, 0.1) is 0 Å². The molecule has 94 valence electrons. The van der Waals surface area contributed by atoms with Gasteiger partial charge in [-0.2, -0.15) is 0 Å². The summed E-state index contributed by atoms with van der Waals surface area (Å²) in [5.41, 5.74) is 1.36. The van der Waals surface area contributed by atoms with Gasteiger partial charge in [0, 0.05) is 24.8 Å². The topological polar surface area (TPSA) is 21.3 Å². The summed E-state index contributed by atoms with van der Waals surface area (Å²) in [4.78, 5) is 0. The van der Waals surface area contributed by atoms with Crippen LogP contribution in [0.15, 0.2) is 24.3 Å². The number of ether oxygens (including phenoxy) is 1. The molecule has 0 radical (unpaired) electrons. The Bertz CT molecular complexity index is 335. The summed E-state index contributed by atoms with van der Waals surface area (Å²) in [6.45, 7) is 1.84. The van der Waals surface area contributed by atoms with Gasteiger partial charge >= 0.3 is 0 Å². The highest BCUT2D eigenvalue weighted by Crippen LogP contribution is 2.41. The summed E-state index contributed by atoms with van der Waals surface area (Å²) < 4.78 is 5.06. The molecule has 1 aliphatic rings. The lowest BCUT2D eigenvalue weighted by Crippen LogP contribution is -2.24. The van der Waals surface area contributed by atoms with Gasteiger partial charge in [0.2, 0.25) is 0 Å². The molecule has 1 atom stereocenters. The molecular formula is C14H20ClNO. The second-order valence-corrected chi connectivity index (χ2v) is 5.10. The number of rotatable bonds is 7. The van der Waals surface area contributed by atoms with Gasteiger partial charge in [-0.1, -0.05) is 23.7 Å². The smallest absolute Gasteiger partial charge is 0.0474 e. The van der Waals surface area contributed by atoms with E-state index in [1.165, 1.54) is 18.4 Å². The predicted octanol–water partition coefficient (Wildman–Crippen LogP) is 3.42. The van der Waals surface area contributed by atoms with Crippen molar-refractivity contribution >= 4 is 11.6 Å². The first-order chi connectivity index (χ1) is 8.31. The average Bonchev–Trinajstić information content (AvgIpc) is 3.15. The zero-order valence-corrected chi connectivity index (χ0v) is 11.0. The minimum atomic E-state index is 0.490. The van der Waals surface area contributed by atoms with Crippen molar-refractivity contribution < 1.29 is 4.74 Å². The van der Waals surface area contributed by atoms with Crippen molar-refractivity contribution in [2.75, 3.05) is 20.3 Å². The van der Waals surface area contributed by atoms with E-state index >= 15 is 0 Å². The van der Waals surface area contributed by atoms with Crippen molar-refractivity contribution in [1.29, 1.82) is 0 Å². The third-order valence-corrected chi connectivity index (χ3v) is 3.46. The number of hydrogen-bond donors (Lipinski definition) is 1. The minimum Gasteiger partial charge on any atom is -0.385 e. The first kappa shape index (κ1) is 12.9. The first-order valence-corrected chi connectivity index (χ1v) is 6.67. The summed E-state index contributed by atoms with van der Waals surface area (Å²) >= 11 is 5.92. The predicted molar refractivity (Wildman–Crippen MR) is 71.4 cm³/mol. The Morgan fingerprint density at radius 1 is 1.35 bits per heavy atom. The molecule has 0 aliphatic heterocycles. The van der Waals surface area contributed by atoms with E-state index in [1.807, 2.05) is 12.1 Å². The molecule has 0 amide bonds. The van der Waals surface area contributed by atoms with Gasteiger partial charge in [-0.3, -0.25) is 0 Å². The van der Waals surface area contributed by atoms with Crippen molar-refractivity contribution in [1.82, 2.24) is 5.32 Å². The second kappa shape index (κ2) is 6.39. The molecule has 1 aromatic carbocycles. The molecule has 3 heteroatoms. The third kappa shape index (κ3) is 3.98. The summed E-state index contributed by atoms with van der Waals surface area (Å²) in [6, 6.07) is 8.71. The standard InChI is InChI=1S/C14H20ClNO/c1-17-10-2-9-16-14(11-3-4-11)12-5-7-13(15)8-6-12/h5-8,11,14,16H,2-4,9-10H2,1H3. The SMILES string of the molecule is COCCCNC(c1ccc(Cl)cc1)C1CC1. The van der Waals surface area contributed by atoms with Crippen LogP contribution in [0.5, 0.6) is 0 Å². The molecule has 1 N–H and O–H groups in total. The molecule has 0 spiro atoms. The summed E-state index contributed by atoms with van der Waals surface area (Å²) in [7, 11) is 1.75. The molecule has 2 rings (SSSR count). The highest BCUT2D eigenvalue weighted by atomic mass is 35.5. The van der Waals surface area contributed by atoms with Crippen LogP contribution in [0, 0.1) is 5.92 Å². The van der Waals surface area contributed by atoms with E-state index in [1.54, 1.807) is 7.11 Å². The van der Waals surface area contributed by atoms with Gasteiger partial charge in [0.25, 0.3) is 0 Å². The number of methoxy groups -OCH3 is 1. The Labute approximate surface area is 108 Å². The molecular weight excluding hydrogens is 234 g/mol. The second-order valence-electron chi connectivity index (χ2n) is 4.67. The van der Waals surface area contributed by atoms with Crippen LogP contribution in [0.4, 0.5) is 0 Å². The maximum absolute atomic E-state index is 5.92. The molecule has 0 saturated heterocycles. The van der Waals surface area contributed by atoms with Crippen LogP contribution < -0.4 is 5.32 Å². The van der Waals surface area contributed by atoms with Gasteiger partial charge in [0.15, 0.2) is 0 Å². The molecule has 2 nitrogen and oxygen atoms in total. The van der Waals surface area contributed by atoms with Gasteiger partial charge < -0.3 is 10.1 Å². The van der Waals surface area contributed by atoms with Crippen molar-refractivity contribution in [3.8, 4) is 0 Å². The Morgan fingerprint density at radius 3 is 2.65 bits per heavy atom. The molecule has 0 aromatic heterocycles.